The van der Waals surface area contributed by atoms with Crippen LogP contribution in [0, 0.1) is 0 Å². The van der Waals surface area contributed by atoms with Gasteiger partial charge in [0.05, 0.1) is 6.54 Å². The molecule has 8 nitrogen and oxygen atoms in total. The Kier molecular flexibility index (Phi) is 5.11. The van der Waals surface area contributed by atoms with Crippen LogP contribution in [0.2, 0.25) is 0 Å². The van der Waals surface area contributed by atoms with Gasteiger partial charge in [0.15, 0.2) is 5.82 Å². The molecule has 1 aromatic rings. The van der Waals surface area contributed by atoms with Crippen LogP contribution in [0.25, 0.3) is 0 Å². The molecule has 2 heterocycles. The second kappa shape index (κ2) is 6.84. The minimum Gasteiger partial charge on any atom is -0.444 e. The Morgan fingerprint density at radius 1 is 1.43 bits per heavy atom. The first-order chi connectivity index (χ1) is 9.94. The number of amides is 1. The summed E-state index contributed by atoms with van der Waals surface area (Å²) in [5, 5.41) is 17.2. The number of ether oxygens (including phenoxy) is 1. The Morgan fingerprint density at radius 3 is 2.90 bits per heavy atom. The molecule has 0 spiro atoms. The van der Waals surface area contributed by atoms with Gasteiger partial charge in [-0.1, -0.05) is 5.21 Å². The number of hydrogen-bond donors (Lipinski definition) is 2. The van der Waals surface area contributed by atoms with E-state index >= 15 is 0 Å². The fourth-order valence-corrected chi connectivity index (χ4v) is 2.30. The van der Waals surface area contributed by atoms with Crippen LogP contribution in [0.4, 0.5) is 4.79 Å². The Hall–Kier alpha value is -1.70. The van der Waals surface area contributed by atoms with Gasteiger partial charge in [-0.25, -0.2) is 4.79 Å². The first-order valence-corrected chi connectivity index (χ1v) is 7.38. The molecule has 0 radical (unpaired) electrons. The summed E-state index contributed by atoms with van der Waals surface area (Å²) in [6.07, 6.45) is 2.67. The topological polar surface area (TPSA) is 96.0 Å². The summed E-state index contributed by atoms with van der Waals surface area (Å²) in [5.41, 5.74) is -0.445. The Balaban J connectivity index is 1.77. The second-order valence-electron chi connectivity index (χ2n) is 6.30. The van der Waals surface area contributed by atoms with E-state index in [1.165, 1.54) is 0 Å². The maximum absolute atomic E-state index is 12.1. The molecule has 2 rings (SSSR count). The van der Waals surface area contributed by atoms with E-state index in [-0.39, 0.29) is 6.09 Å². The molecule has 1 aromatic heterocycles. The van der Waals surface area contributed by atoms with Crippen molar-refractivity contribution < 1.29 is 9.53 Å². The molecule has 8 heteroatoms. The predicted octanol–water partition coefficient (Wildman–Crippen LogP) is 1.08. The maximum atomic E-state index is 12.1. The SMILES string of the molecule is CC(C)(C)OC(=O)N1CCCC(NCc2nn[nH]n2)CC1. The number of carbonyl (C=O) groups is 1. The van der Waals surface area contributed by atoms with Crippen LogP contribution in [-0.4, -0.2) is 56.3 Å². The Bertz CT molecular complexity index is 442. The summed E-state index contributed by atoms with van der Waals surface area (Å²) in [4.78, 5) is 13.9. The van der Waals surface area contributed by atoms with Crippen LogP contribution in [0.3, 0.4) is 0 Å². The fraction of sp³-hybridized carbons (Fsp3) is 0.846. The summed E-state index contributed by atoms with van der Waals surface area (Å²) in [5.74, 6) is 0.656. The van der Waals surface area contributed by atoms with Crippen molar-refractivity contribution in [2.24, 2.45) is 0 Å². The number of aromatic nitrogens is 4. The van der Waals surface area contributed by atoms with E-state index in [1.54, 1.807) is 4.90 Å². The van der Waals surface area contributed by atoms with Gasteiger partial charge in [0.2, 0.25) is 0 Å². The predicted molar refractivity (Wildman–Crippen MR) is 76.5 cm³/mol. The van der Waals surface area contributed by atoms with Gasteiger partial charge in [0, 0.05) is 19.1 Å². The minimum atomic E-state index is -0.445. The zero-order valence-corrected chi connectivity index (χ0v) is 12.9. The molecule has 1 aliphatic heterocycles. The number of hydrogen-bond acceptors (Lipinski definition) is 6. The highest BCUT2D eigenvalue weighted by Crippen LogP contribution is 2.15. The lowest BCUT2D eigenvalue weighted by molar-refractivity contribution is 0.0256. The number of carbonyl (C=O) groups excluding carboxylic acids is 1. The first kappa shape index (κ1) is 15.7. The van der Waals surface area contributed by atoms with Crippen molar-refractivity contribution in [2.45, 2.75) is 58.2 Å². The van der Waals surface area contributed by atoms with Gasteiger partial charge < -0.3 is 15.0 Å². The number of rotatable bonds is 3. The van der Waals surface area contributed by atoms with Crippen LogP contribution >= 0.6 is 0 Å². The molecule has 2 N–H and O–H groups in total. The van der Waals surface area contributed by atoms with E-state index < -0.39 is 5.60 Å². The third kappa shape index (κ3) is 5.30. The normalized spacial score (nSPS) is 20.1. The largest absolute Gasteiger partial charge is 0.444 e. The number of H-pyrrole nitrogens is 1. The smallest absolute Gasteiger partial charge is 0.410 e. The summed E-state index contributed by atoms with van der Waals surface area (Å²) < 4.78 is 5.42. The first-order valence-electron chi connectivity index (χ1n) is 7.38. The van der Waals surface area contributed by atoms with Crippen LogP contribution in [0.5, 0.6) is 0 Å². The van der Waals surface area contributed by atoms with Crippen molar-refractivity contribution in [3.8, 4) is 0 Å². The molecule has 1 atom stereocenters. The third-order valence-electron chi connectivity index (χ3n) is 3.32. The van der Waals surface area contributed by atoms with E-state index in [0.717, 1.165) is 25.8 Å². The van der Waals surface area contributed by atoms with Gasteiger partial charge >= 0.3 is 6.09 Å². The molecule has 1 aliphatic rings. The Morgan fingerprint density at radius 2 is 2.24 bits per heavy atom. The summed E-state index contributed by atoms with van der Waals surface area (Å²) in [7, 11) is 0. The zero-order chi connectivity index (χ0) is 15.3. The van der Waals surface area contributed by atoms with Crippen LogP contribution < -0.4 is 5.32 Å². The standard InChI is InChI=1S/C13H24N6O2/c1-13(2,3)21-12(20)19-7-4-5-10(6-8-19)14-9-11-15-17-18-16-11/h10,14H,4-9H2,1-3H3,(H,15,16,17,18). The van der Waals surface area contributed by atoms with Gasteiger partial charge in [0.1, 0.15) is 5.60 Å². The summed E-state index contributed by atoms with van der Waals surface area (Å²) in [6.45, 7) is 7.70. The highest BCUT2D eigenvalue weighted by Gasteiger charge is 2.25. The van der Waals surface area contributed by atoms with Crippen molar-refractivity contribution in [3.05, 3.63) is 5.82 Å². The molecule has 118 valence electrons. The average molecular weight is 296 g/mol. The van der Waals surface area contributed by atoms with Gasteiger partial charge in [-0.15, -0.1) is 10.2 Å². The summed E-state index contributed by atoms with van der Waals surface area (Å²) in [6, 6.07) is 0.357. The van der Waals surface area contributed by atoms with Gasteiger partial charge in [0.25, 0.3) is 0 Å². The fourth-order valence-electron chi connectivity index (χ4n) is 2.30. The molecular formula is C13H24N6O2. The highest BCUT2D eigenvalue weighted by molar-refractivity contribution is 5.68. The van der Waals surface area contributed by atoms with E-state index in [9.17, 15) is 4.79 Å². The monoisotopic (exact) mass is 296 g/mol. The Labute approximate surface area is 124 Å². The molecule has 1 amide bonds. The molecule has 0 aliphatic carbocycles. The van der Waals surface area contributed by atoms with Crippen molar-refractivity contribution >= 4 is 6.09 Å². The second-order valence-corrected chi connectivity index (χ2v) is 6.30. The molecule has 21 heavy (non-hydrogen) atoms. The molecular weight excluding hydrogens is 272 g/mol. The molecule has 0 aromatic carbocycles. The molecule has 1 unspecified atom stereocenters. The van der Waals surface area contributed by atoms with Gasteiger partial charge in [-0.3, -0.25) is 0 Å². The van der Waals surface area contributed by atoms with Crippen molar-refractivity contribution in [1.29, 1.82) is 0 Å². The number of nitrogens with zero attached hydrogens (tertiary/aromatic N) is 4. The van der Waals surface area contributed by atoms with Crippen molar-refractivity contribution in [1.82, 2.24) is 30.8 Å². The van der Waals surface area contributed by atoms with E-state index in [2.05, 4.69) is 25.9 Å². The minimum absolute atomic E-state index is 0.221. The lowest BCUT2D eigenvalue weighted by Crippen LogP contribution is -2.38. The molecule has 1 saturated heterocycles. The van der Waals surface area contributed by atoms with E-state index in [4.69, 9.17) is 4.74 Å². The third-order valence-corrected chi connectivity index (χ3v) is 3.32. The average Bonchev–Trinajstić information content (AvgIpc) is 2.78. The zero-order valence-electron chi connectivity index (χ0n) is 12.9. The van der Waals surface area contributed by atoms with Gasteiger partial charge in [-0.05, 0) is 40.0 Å². The van der Waals surface area contributed by atoms with Crippen LogP contribution in [0.1, 0.15) is 45.9 Å². The summed E-state index contributed by atoms with van der Waals surface area (Å²) >= 11 is 0. The number of nitrogens with one attached hydrogen (secondary N) is 2. The molecule has 0 saturated carbocycles. The van der Waals surface area contributed by atoms with Gasteiger partial charge in [-0.2, -0.15) is 5.21 Å². The van der Waals surface area contributed by atoms with Crippen molar-refractivity contribution in [2.75, 3.05) is 13.1 Å². The lowest BCUT2D eigenvalue weighted by atomic mass is 10.1. The number of likely N-dealkylation sites (tertiary alicyclic amines) is 1. The molecule has 1 fully saturated rings. The molecule has 0 bridgehead atoms. The van der Waals surface area contributed by atoms with Crippen LogP contribution in [0.15, 0.2) is 0 Å². The van der Waals surface area contributed by atoms with E-state index in [1.807, 2.05) is 20.8 Å². The maximum Gasteiger partial charge on any atom is 0.410 e. The lowest BCUT2D eigenvalue weighted by Gasteiger charge is -2.26. The number of aromatic amines is 1. The van der Waals surface area contributed by atoms with E-state index in [0.29, 0.717) is 25.0 Å². The highest BCUT2D eigenvalue weighted by atomic mass is 16.6. The van der Waals surface area contributed by atoms with Crippen LogP contribution in [-0.2, 0) is 11.3 Å². The van der Waals surface area contributed by atoms with Crippen molar-refractivity contribution in [3.63, 3.8) is 0 Å². The quantitative estimate of drug-likeness (QED) is 0.866. The number of tetrazole rings is 1.